The van der Waals surface area contributed by atoms with Crippen LogP contribution in [0, 0.1) is 5.41 Å². The van der Waals surface area contributed by atoms with Gasteiger partial charge < -0.3 is 15.7 Å². The van der Waals surface area contributed by atoms with Gasteiger partial charge in [-0.2, -0.15) is 26.3 Å². The summed E-state index contributed by atoms with van der Waals surface area (Å²) in [6, 6.07) is 11.2. The van der Waals surface area contributed by atoms with E-state index in [4.69, 9.17) is 11.1 Å². The number of H-pyrrole nitrogens is 2. The normalized spacial score (nSPS) is 11.5. The zero-order valence-electron chi connectivity index (χ0n) is 18.7. The highest BCUT2D eigenvalue weighted by atomic mass is 35.5. The first-order valence-electron chi connectivity index (χ1n) is 10.0. The topological polar surface area (TPSA) is 107 Å². The molecule has 3 aromatic carbocycles. The number of nitrogens with one attached hydrogen (secondary N) is 3. The summed E-state index contributed by atoms with van der Waals surface area (Å²) in [4.78, 5) is 14.6. The molecule has 0 aliphatic carbocycles. The van der Waals surface area contributed by atoms with Crippen LogP contribution in [0.25, 0.3) is 44.8 Å². The van der Waals surface area contributed by atoms with E-state index < -0.39 is 23.5 Å². The molecule has 2 heterocycles. The molecule has 0 amide bonds. The smallest absolute Gasteiger partial charge is 0.384 e. The molecular weight excluding hydrogens is 581 g/mol. The lowest BCUT2D eigenvalue weighted by Gasteiger charge is -2.13. The summed E-state index contributed by atoms with van der Waals surface area (Å²) in [5.74, 6) is 0.236. The van der Waals surface area contributed by atoms with Crippen molar-refractivity contribution in [3.8, 4) is 22.8 Å². The summed E-state index contributed by atoms with van der Waals surface area (Å²) < 4.78 is 79.4. The van der Waals surface area contributed by atoms with Crippen molar-refractivity contribution in [3.63, 3.8) is 0 Å². The molecule has 0 radical (unpaired) electrons. The minimum absolute atomic E-state index is 0. The molecule has 202 valence electrons. The molecule has 6 nitrogen and oxygen atoms in total. The first-order valence-corrected chi connectivity index (χ1v) is 10.0. The fraction of sp³-hybridized carbons (Fsp3) is 0.0870. The first-order chi connectivity index (χ1) is 16.4. The fourth-order valence-electron chi connectivity index (χ4n) is 3.70. The van der Waals surface area contributed by atoms with Crippen LogP contribution in [0.3, 0.4) is 0 Å². The lowest BCUT2D eigenvalue weighted by molar-refractivity contribution is -0.143. The van der Waals surface area contributed by atoms with E-state index in [1.807, 2.05) is 0 Å². The molecule has 0 fully saturated rings. The van der Waals surface area contributed by atoms with Gasteiger partial charge in [0.1, 0.15) is 17.5 Å². The van der Waals surface area contributed by atoms with Crippen molar-refractivity contribution in [2.24, 2.45) is 5.73 Å². The number of rotatable bonds is 3. The van der Waals surface area contributed by atoms with Gasteiger partial charge in [0.2, 0.25) is 0 Å². The van der Waals surface area contributed by atoms with Crippen molar-refractivity contribution in [3.05, 3.63) is 71.3 Å². The van der Waals surface area contributed by atoms with E-state index in [2.05, 4.69) is 19.9 Å². The maximum absolute atomic E-state index is 13.2. The van der Waals surface area contributed by atoms with Gasteiger partial charge in [0.25, 0.3) is 0 Å². The third kappa shape index (κ3) is 5.82. The summed E-state index contributed by atoms with van der Waals surface area (Å²) in [6.45, 7) is 0. The van der Waals surface area contributed by atoms with Crippen LogP contribution in [0.5, 0.6) is 0 Å². The minimum atomic E-state index is -4.96. The van der Waals surface area contributed by atoms with Crippen LogP contribution < -0.4 is 5.73 Å². The number of nitrogen functional groups attached to an aromatic ring is 1. The highest BCUT2D eigenvalue weighted by Gasteiger charge is 2.37. The van der Waals surface area contributed by atoms with E-state index in [-0.39, 0.29) is 60.5 Å². The minimum Gasteiger partial charge on any atom is -0.384 e. The molecule has 0 atom stereocenters. The summed E-state index contributed by atoms with van der Waals surface area (Å²) >= 11 is 0. The largest absolute Gasteiger partial charge is 0.416 e. The molecule has 5 N–H and O–H groups in total. The van der Waals surface area contributed by atoms with Crippen LogP contribution in [0.4, 0.5) is 26.3 Å². The van der Waals surface area contributed by atoms with Gasteiger partial charge in [0.15, 0.2) is 0 Å². The number of fused-ring (bicyclic) bond motifs is 2. The van der Waals surface area contributed by atoms with Crippen LogP contribution in [0.2, 0.25) is 0 Å². The van der Waals surface area contributed by atoms with E-state index >= 15 is 0 Å². The van der Waals surface area contributed by atoms with Crippen molar-refractivity contribution in [1.29, 1.82) is 5.41 Å². The van der Waals surface area contributed by atoms with Crippen molar-refractivity contribution >= 4 is 65.1 Å². The third-order valence-corrected chi connectivity index (χ3v) is 5.41. The van der Waals surface area contributed by atoms with Crippen molar-refractivity contribution in [2.75, 3.05) is 0 Å². The number of alkyl halides is 6. The predicted molar refractivity (Wildman–Crippen MR) is 139 cm³/mol. The molecule has 0 saturated heterocycles. The van der Waals surface area contributed by atoms with Crippen LogP contribution in [0.1, 0.15) is 16.7 Å². The number of halogens is 9. The fourth-order valence-corrected chi connectivity index (χ4v) is 3.70. The molecule has 5 rings (SSSR count). The van der Waals surface area contributed by atoms with E-state index in [1.165, 1.54) is 0 Å². The molecule has 0 aliphatic heterocycles. The SMILES string of the molecule is Cl.Cl.Cl.N=C(N)c1ccc2nc(-c3ccc4nc(-c5cc(C(F)(F)F)cc(C(F)(F)F)c5)[nH]c4c3)[nH]c2c1. The number of nitrogens with zero attached hydrogens (tertiary/aromatic N) is 2. The Morgan fingerprint density at radius 3 is 1.63 bits per heavy atom. The van der Waals surface area contributed by atoms with Gasteiger partial charge in [-0.25, -0.2) is 9.97 Å². The molecular formula is C23H17Cl3F6N6. The Labute approximate surface area is 228 Å². The second-order valence-electron chi connectivity index (χ2n) is 7.84. The molecule has 5 aromatic rings. The van der Waals surface area contributed by atoms with Crippen LogP contribution in [0.15, 0.2) is 54.6 Å². The maximum atomic E-state index is 13.2. The number of aromatic nitrogens is 4. The summed E-state index contributed by atoms with van der Waals surface area (Å²) in [5.41, 5.74) is 5.46. The lowest BCUT2D eigenvalue weighted by atomic mass is 10.0. The monoisotopic (exact) mass is 596 g/mol. The van der Waals surface area contributed by atoms with Gasteiger partial charge in [-0.05, 0) is 54.6 Å². The van der Waals surface area contributed by atoms with Gasteiger partial charge in [-0.3, -0.25) is 5.41 Å². The second kappa shape index (κ2) is 10.7. The maximum Gasteiger partial charge on any atom is 0.416 e. The van der Waals surface area contributed by atoms with Crippen molar-refractivity contribution in [2.45, 2.75) is 12.4 Å². The van der Waals surface area contributed by atoms with Gasteiger partial charge >= 0.3 is 12.4 Å². The van der Waals surface area contributed by atoms with Gasteiger partial charge in [0, 0.05) is 16.7 Å². The van der Waals surface area contributed by atoms with Crippen LogP contribution in [-0.2, 0) is 12.4 Å². The Morgan fingerprint density at radius 2 is 1.13 bits per heavy atom. The number of hydrogen-bond acceptors (Lipinski definition) is 3. The third-order valence-electron chi connectivity index (χ3n) is 5.41. The summed E-state index contributed by atoms with van der Waals surface area (Å²) in [6.07, 6.45) is -9.92. The number of amidine groups is 1. The second-order valence-corrected chi connectivity index (χ2v) is 7.84. The molecule has 0 spiro atoms. The Balaban J connectivity index is 0.00000169. The van der Waals surface area contributed by atoms with Crippen molar-refractivity contribution < 1.29 is 26.3 Å². The quantitative estimate of drug-likeness (QED) is 0.0992. The van der Waals surface area contributed by atoms with Crippen LogP contribution >= 0.6 is 37.2 Å². The molecule has 0 bridgehead atoms. The lowest BCUT2D eigenvalue weighted by Crippen LogP contribution is -2.11. The van der Waals surface area contributed by atoms with E-state index in [0.29, 0.717) is 51.2 Å². The van der Waals surface area contributed by atoms with E-state index in [9.17, 15) is 26.3 Å². The zero-order valence-corrected chi connectivity index (χ0v) is 21.1. The number of aromatic amines is 2. The number of nitrogens with two attached hydrogens (primary N) is 1. The molecule has 0 unspecified atom stereocenters. The highest BCUT2D eigenvalue weighted by molar-refractivity contribution is 5.98. The molecule has 15 heteroatoms. The number of imidazole rings is 2. The van der Waals surface area contributed by atoms with Gasteiger partial charge in [-0.1, -0.05) is 0 Å². The van der Waals surface area contributed by atoms with E-state index in [0.717, 1.165) is 0 Å². The Hall–Kier alpha value is -3.48. The van der Waals surface area contributed by atoms with Crippen LogP contribution in [-0.4, -0.2) is 25.8 Å². The zero-order chi connectivity index (χ0) is 25.1. The first kappa shape index (κ1) is 30.7. The van der Waals surface area contributed by atoms with Gasteiger partial charge in [-0.15, -0.1) is 37.2 Å². The summed E-state index contributed by atoms with van der Waals surface area (Å²) in [5, 5.41) is 7.55. The van der Waals surface area contributed by atoms with Crippen molar-refractivity contribution in [1.82, 2.24) is 19.9 Å². The number of benzene rings is 3. The standard InChI is InChI=1S/C23H14F6N6.3ClH/c24-22(25,26)13-5-12(6-14(9-13)23(27,28)29)21-33-16-4-2-11(8-18(16)35-21)20-32-15-3-1-10(19(30)31)7-17(15)34-20;;;/h1-9H,(H3,30,31)(H,32,34)(H,33,35);3*1H. The Bertz CT molecular complexity index is 1590. The Kier molecular flexibility index (Phi) is 8.67. The van der Waals surface area contributed by atoms with Gasteiger partial charge in [0.05, 0.1) is 33.2 Å². The predicted octanol–water partition coefficient (Wildman–Crippen LogP) is 7.36. The molecule has 0 aliphatic rings. The van der Waals surface area contributed by atoms with E-state index in [1.54, 1.807) is 36.4 Å². The average Bonchev–Trinajstić information content (AvgIpc) is 3.40. The Morgan fingerprint density at radius 1 is 0.658 bits per heavy atom. The molecule has 2 aromatic heterocycles. The summed E-state index contributed by atoms with van der Waals surface area (Å²) in [7, 11) is 0. The average molecular weight is 598 g/mol. The molecule has 38 heavy (non-hydrogen) atoms. The highest BCUT2D eigenvalue weighted by Crippen LogP contribution is 2.38. The number of hydrogen-bond donors (Lipinski definition) is 4. The molecule has 0 saturated carbocycles.